The zero-order valence-electron chi connectivity index (χ0n) is 10.6. The van der Waals surface area contributed by atoms with Crippen molar-refractivity contribution in [2.45, 2.75) is 25.4 Å². The molecule has 0 aromatic heterocycles. The minimum atomic E-state index is -0.260. The first kappa shape index (κ1) is 13.4. The highest BCUT2D eigenvalue weighted by Crippen LogP contribution is 2.08. The highest BCUT2D eigenvalue weighted by atomic mass is 16.1. The van der Waals surface area contributed by atoms with Crippen LogP contribution in [0.1, 0.15) is 13.3 Å². The van der Waals surface area contributed by atoms with Crippen LogP contribution in [0.4, 0.5) is 0 Å². The van der Waals surface area contributed by atoms with Gasteiger partial charge in [-0.1, -0.05) is 0 Å². The van der Waals surface area contributed by atoms with Crippen LogP contribution in [-0.2, 0) is 4.79 Å². The molecular weight excluding hydrogens is 204 g/mol. The molecule has 1 saturated heterocycles. The monoisotopic (exact) mass is 228 g/mol. The van der Waals surface area contributed by atoms with Gasteiger partial charge in [0, 0.05) is 32.2 Å². The van der Waals surface area contributed by atoms with Crippen molar-refractivity contribution in [2.24, 2.45) is 5.73 Å². The molecular formula is C11H24N4O. The van der Waals surface area contributed by atoms with Crippen LogP contribution in [0.5, 0.6) is 0 Å². The molecule has 16 heavy (non-hydrogen) atoms. The van der Waals surface area contributed by atoms with Gasteiger partial charge in [-0.2, -0.15) is 0 Å². The first-order chi connectivity index (χ1) is 7.54. The second kappa shape index (κ2) is 6.18. The topological polar surface area (TPSA) is 61.6 Å². The van der Waals surface area contributed by atoms with Crippen molar-refractivity contribution < 1.29 is 4.79 Å². The molecule has 0 aliphatic carbocycles. The molecule has 2 atom stereocenters. The Morgan fingerprint density at radius 2 is 2.25 bits per heavy atom. The van der Waals surface area contributed by atoms with E-state index < -0.39 is 0 Å². The van der Waals surface area contributed by atoms with Gasteiger partial charge in [-0.15, -0.1) is 0 Å². The lowest BCUT2D eigenvalue weighted by Gasteiger charge is -2.38. The van der Waals surface area contributed by atoms with Gasteiger partial charge in [0.2, 0.25) is 5.91 Å². The Bertz CT molecular complexity index is 234. The maximum atomic E-state index is 11.1. The molecule has 1 amide bonds. The van der Waals surface area contributed by atoms with Crippen LogP contribution in [0, 0.1) is 0 Å². The third-order valence-electron chi connectivity index (χ3n) is 3.37. The van der Waals surface area contributed by atoms with Crippen molar-refractivity contribution in [1.29, 1.82) is 0 Å². The molecule has 1 aliphatic rings. The van der Waals surface area contributed by atoms with Crippen LogP contribution in [0.3, 0.4) is 0 Å². The van der Waals surface area contributed by atoms with Gasteiger partial charge >= 0.3 is 0 Å². The average Bonchev–Trinajstić information content (AvgIpc) is 2.21. The molecule has 1 aliphatic heterocycles. The fourth-order valence-electron chi connectivity index (χ4n) is 2.23. The molecule has 94 valence electrons. The van der Waals surface area contributed by atoms with Crippen LogP contribution < -0.4 is 11.1 Å². The van der Waals surface area contributed by atoms with Gasteiger partial charge in [0.05, 0.1) is 6.04 Å². The second-order valence-electron chi connectivity index (χ2n) is 4.68. The van der Waals surface area contributed by atoms with Gasteiger partial charge in [0.15, 0.2) is 0 Å². The predicted molar refractivity (Wildman–Crippen MR) is 65.2 cm³/mol. The number of piperazine rings is 1. The Hall–Kier alpha value is -0.650. The van der Waals surface area contributed by atoms with Crippen molar-refractivity contribution in [3.8, 4) is 0 Å². The molecule has 5 heteroatoms. The Labute approximate surface area is 98.0 Å². The number of rotatable bonds is 5. The predicted octanol–water partition coefficient (Wildman–Crippen LogP) is -0.914. The lowest BCUT2D eigenvalue weighted by atomic mass is 10.1. The van der Waals surface area contributed by atoms with E-state index >= 15 is 0 Å². The van der Waals surface area contributed by atoms with Crippen LogP contribution >= 0.6 is 0 Å². The Morgan fingerprint density at radius 3 is 2.75 bits per heavy atom. The Kier molecular flexibility index (Phi) is 5.18. The molecule has 1 fully saturated rings. The molecule has 0 aromatic rings. The zero-order chi connectivity index (χ0) is 12.1. The van der Waals surface area contributed by atoms with Gasteiger partial charge in [0.25, 0.3) is 0 Å². The molecule has 5 nitrogen and oxygen atoms in total. The minimum Gasteiger partial charge on any atom is -0.368 e. The smallest absolute Gasteiger partial charge is 0.234 e. The summed E-state index contributed by atoms with van der Waals surface area (Å²) in [5, 5.41) is 2.95. The highest BCUT2D eigenvalue weighted by Gasteiger charge is 2.22. The number of carbonyl (C=O) groups is 1. The van der Waals surface area contributed by atoms with Crippen LogP contribution in [0.2, 0.25) is 0 Å². The largest absolute Gasteiger partial charge is 0.368 e. The number of nitrogens with two attached hydrogens (primary N) is 1. The van der Waals surface area contributed by atoms with E-state index in [1.165, 1.54) is 0 Å². The van der Waals surface area contributed by atoms with Gasteiger partial charge in [-0.25, -0.2) is 0 Å². The van der Waals surface area contributed by atoms with Crippen molar-refractivity contribution in [3.05, 3.63) is 0 Å². The molecule has 0 aromatic carbocycles. The number of carbonyl (C=O) groups excluding carboxylic acids is 1. The summed E-state index contributed by atoms with van der Waals surface area (Å²) in [7, 11) is 3.93. The van der Waals surface area contributed by atoms with E-state index in [4.69, 9.17) is 5.73 Å². The third kappa shape index (κ3) is 3.73. The maximum Gasteiger partial charge on any atom is 0.234 e. The summed E-state index contributed by atoms with van der Waals surface area (Å²) in [6.45, 7) is 6.44. The van der Waals surface area contributed by atoms with Crippen molar-refractivity contribution in [3.63, 3.8) is 0 Å². The standard InChI is InChI=1S/C11H24N4O/c1-9-8-14(3)6-7-15(9)5-4-10(13-2)11(12)16/h9-10,13H,4-8H2,1-3H3,(H2,12,16). The van der Waals surface area contributed by atoms with E-state index in [2.05, 4.69) is 29.1 Å². The van der Waals surface area contributed by atoms with E-state index in [0.29, 0.717) is 6.04 Å². The summed E-state index contributed by atoms with van der Waals surface area (Å²) in [4.78, 5) is 15.8. The van der Waals surface area contributed by atoms with Gasteiger partial charge < -0.3 is 16.0 Å². The van der Waals surface area contributed by atoms with Crippen molar-refractivity contribution in [2.75, 3.05) is 40.3 Å². The minimum absolute atomic E-state index is 0.202. The summed E-state index contributed by atoms with van der Waals surface area (Å²) in [5.41, 5.74) is 5.29. The molecule has 0 radical (unpaired) electrons. The summed E-state index contributed by atoms with van der Waals surface area (Å²) in [6.07, 6.45) is 0.792. The number of hydrogen-bond acceptors (Lipinski definition) is 4. The first-order valence-electron chi connectivity index (χ1n) is 5.93. The van der Waals surface area contributed by atoms with E-state index in [9.17, 15) is 4.79 Å². The quantitative estimate of drug-likeness (QED) is 0.639. The summed E-state index contributed by atoms with van der Waals surface area (Å²) in [6, 6.07) is 0.357. The van der Waals surface area contributed by atoms with Gasteiger partial charge in [-0.3, -0.25) is 9.69 Å². The van der Waals surface area contributed by atoms with Crippen molar-refractivity contribution in [1.82, 2.24) is 15.1 Å². The second-order valence-corrected chi connectivity index (χ2v) is 4.68. The molecule has 1 rings (SSSR count). The average molecular weight is 228 g/mol. The zero-order valence-corrected chi connectivity index (χ0v) is 10.6. The van der Waals surface area contributed by atoms with Gasteiger partial charge in [-0.05, 0) is 27.4 Å². The van der Waals surface area contributed by atoms with Gasteiger partial charge in [0.1, 0.15) is 0 Å². The Balaban J connectivity index is 2.34. The number of likely N-dealkylation sites (N-methyl/N-ethyl adjacent to an activating group) is 2. The van der Waals surface area contributed by atoms with E-state index in [1.807, 2.05) is 0 Å². The molecule has 1 heterocycles. The third-order valence-corrected chi connectivity index (χ3v) is 3.37. The molecule has 0 saturated carbocycles. The normalized spacial score (nSPS) is 25.6. The lowest BCUT2D eigenvalue weighted by Crippen LogP contribution is -2.52. The number of hydrogen-bond donors (Lipinski definition) is 2. The Morgan fingerprint density at radius 1 is 1.56 bits per heavy atom. The van der Waals surface area contributed by atoms with Crippen LogP contribution in [0.25, 0.3) is 0 Å². The number of amides is 1. The number of nitrogens with zero attached hydrogens (tertiary/aromatic N) is 2. The molecule has 2 unspecified atom stereocenters. The first-order valence-corrected chi connectivity index (χ1v) is 5.93. The highest BCUT2D eigenvalue weighted by molar-refractivity contribution is 5.79. The maximum absolute atomic E-state index is 11.1. The molecule has 0 bridgehead atoms. The fraction of sp³-hybridized carbons (Fsp3) is 0.909. The lowest BCUT2D eigenvalue weighted by molar-refractivity contribution is -0.120. The summed E-state index contributed by atoms with van der Waals surface area (Å²) < 4.78 is 0. The van der Waals surface area contributed by atoms with Crippen LogP contribution in [0.15, 0.2) is 0 Å². The van der Waals surface area contributed by atoms with Crippen LogP contribution in [-0.4, -0.2) is 68.1 Å². The number of primary amides is 1. The fourth-order valence-corrected chi connectivity index (χ4v) is 2.23. The molecule has 3 N–H and O–H groups in total. The van der Waals surface area contributed by atoms with E-state index in [0.717, 1.165) is 32.6 Å². The SMILES string of the molecule is CNC(CCN1CCN(C)CC1C)C(N)=O. The molecule has 0 spiro atoms. The van der Waals surface area contributed by atoms with Crippen molar-refractivity contribution >= 4 is 5.91 Å². The van der Waals surface area contributed by atoms with E-state index in [-0.39, 0.29) is 11.9 Å². The number of nitrogens with one attached hydrogen (secondary N) is 1. The van der Waals surface area contributed by atoms with E-state index in [1.54, 1.807) is 7.05 Å². The summed E-state index contributed by atoms with van der Waals surface area (Å²) in [5.74, 6) is -0.260. The summed E-state index contributed by atoms with van der Waals surface area (Å²) >= 11 is 0.